The van der Waals surface area contributed by atoms with Crippen LogP contribution in [0.5, 0.6) is 0 Å². The number of piperidine rings is 1. The van der Waals surface area contributed by atoms with Gasteiger partial charge >= 0.3 is 6.03 Å². The van der Waals surface area contributed by atoms with Crippen LogP contribution >= 0.6 is 0 Å². The molecule has 2 aliphatic rings. The van der Waals surface area contributed by atoms with Crippen molar-refractivity contribution in [2.24, 2.45) is 5.92 Å². The lowest BCUT2D eigenvalue weighted by Gasteiger charge is -2.43. The van der Waals surface area contributed by atoms with Crippen LogP contribution in [-0.4, -0.2) is 73.2 Å². The standard InChI is InChI=1S/C20H27N7O2/c1-16(2)15-27-19(29)26(13-12-25-9-3-6-23-25)18(28)20(27)4-10-24(11-5-20)17-14-21-7-8-22-17/h3,6-9,14,16H,4-5,10-13,15H2,1-2H3. The van der Waals surface area contributed by atoms with Gasteiger partial charge in [0.05, 0.1) is 19.3 Å². The maximum Gasteiger partial charge on any atom is 0.327 e. The molecular formula is C20H27N7O2. The fraction of sp³-hybridized carbons (Fsp3) is 0.550. The van der Waals surface area contributed by atoms with Gasteiger partial charge in [0.25, 0.3) is 5.91 Å². The lowest BCUT2D eigenvalue weighted by atomic mass is 9.85. The Kier molecular flexibility index (Phi) is 5.21. The van der Waals surface area contributed by atoms with Gasteiger partial charge in [-0.15, -0.1) is 0 Å². The van der Waals surface area contributed by atoms with Crippen LogP contribution in [0.4, 0.5) is 10.6 Å². The fourth-order valence-corrected chi connectivity index (χ4v) is 4.28. The number of urea groups is 1. The molecule has 0 saturated carbocycles. The molecule has 3 amide bonds. The fourth-order valence-electron chi connectivity index (χ4n) is 4.28. The third-order valence-corrected chi connectivity index (χ3v) is 5.75. The number of rotatable bonds is 6. The molecule has 0 aliphatic carbocycles. The summed E-state index contributed by atoms with van der Waals surface area (Å²) in [5.41, 5.74) is -0.760. The van der Waals surface area contributed by atoms with Gasteiger partial charge in [-0.3, -0.25) is 19.4 Å². The number of imide groups is 1. The number of amides is 3. The van der Waals surface area contributed by atoms with Crippen molar-refractivity contribution >= 4 is 17.8 Å². The molecule has 2 saturated heterocycles. The van der Waals surface area contributed by atoms with Crippen molar-refractivity contribution in [3.63, 3.8) is 0 Å². The van der Waals surface area contributed by atoms with E-state index in [1.165, 1.54) is 4.90 Å². The van der Waals surface area contributed by atoms with Crippen LogP contribution in [0.15, 0.2) is 37.1 Å². The molecular weight excluding hydrogens is 370 g/mol. The predicted octanol–water partition coefficient (Wildman–Crippen LogP) is 1.63. The zero-order valence-corrected chi connectivity index (χ0v) is 16.9. The lowest BCUT2D eigenvalue weighted by Crippen LogP contribution is -2.57. The Bertz CT molecular complexity index is 845. The minimum Gasteiger partial charge on any atom is -0.355 e. The number of nitrogens with zero attached hydrogens (tertiary/aromatic N) is 7. The number of aromatic nitrogens is 4. The lowest BCUT2D eigenvalue weighted by molar-refractivity contribution is -0.134. The maximum absolute atomic E-state index is 13.5. The molecule has 0 atom stereocenters. The van der Waals surface area contributed by atoms with E-state index in [1.54, 1.807) is 29.5 Å². The van der Waals surface area contributed by atoms with E-state index in [4.69, 9.17) is 0 Å². The molecule has 2 aromatic rings. The average Bonchev–Trinajstić information content (AvgIpc) is 3.31. The summed E-state index contributed by atoms with van der Waals surface area (Å²) in [5.74, 6) is 1.02. The smallest absolute Gasteiger partial charge is 0.327 e. The first kappa shape index (κ1) is 19.4. The van der Waals surface area contributed by atoms with Crippen molar-refractivity contribution in [1.82, 2.24) is 29.5 Å². The quantitative estimate of drug-likeness (QED) is 0.689. The zero-order valence-electron chi connectivity index (χ0n) is 16.9. The molecule has 0 unspecified atom stereocenters. The average molecular weight is 397 g/mol. The first-order chi connectivity index (χ1) is 14.0. The molecule has 0 bridgehead atoms. The second-order valence-electron chi connectivity index (χ2n) is 8.10. The highest BCUT2D eigenvalue weighted by Crippen LogP contribution is 2.38. The van der Waals surface area contributed by atoms with Gasteiger partial charge in [0.2, 0.25) is 0 Å². The number of anilines is 1. The van der Waals surface area contributed by atoms with Gasteiger partial charge in [-0.2, -0.15) is 5.10 Å². The molecule has 0 aromatic carbocycles. The zero-order chi connectivity index (χ0) is 20.4. The van der Waals surface area contributed by atoms with Gasteiger partial charge in [-0.05, 0) is 24.8 Å². The predicted molar refractivity (Wildman–Crippen MR) is 107 cm³/mol. The summed E-state index contributed by atoms with van der Waals surface area (Å²) >= 11 is 0. The first-order valence-corrected chi connectivity index (χ1v) is 10.1. The number of carbonyl (C=O) groups excluding carboxylic acids is 2. The van der Waals surface area contributed by atoms with Crippen molar-refractivity contribution in [2.75, 3.05) is 31.1 Å². The summed E-state index contributed by atoms with van der Waals surface area (Å²) in [4.78, 5) is 40.6. The molecule has 2 aromatic heterocycles. The van der Waals surface area contributed by atoms with Crippen molar-refractivity contribution in [3.8, 4) is 0 Å². The summed E-state index contributed by atoms with van der Waals surface area (Å²) in [6.45, 7) is 6.90. The van der Waals surface area contributed by atoms with Crippen LogP contribution < -0.4 is 4.90 Å². The van der Waals surface area contributed by atoms with Gasteiger partial charge in [-0.25, -0.2) is 9.78 Å². The van der Waals surface area contributed by atoms with E-state index >= 15 is 0 Å². The highest BCUT2D eigenvalue weighted by Gasteiger charge is 2.57. The van der Waals surface area contributed by atoms with Crippen molar-refractivity contribution in [2.45, 2.75) is 38.8 Å². The van der Waals surface area contributed by atoms with Crippen molar-refractivity contribution in [3.05, 3.63) is 37.1 Å². The minimum absolute atomic E-state index is 0.0749. The highest BCUT2D eigenvalue weighted by atomic mass is 16.2. The summed E-state index contributed by atoms with van der Waals surface area (Å²) in [5, 5.41) is 4.18. The Labute approximate surface area is 170 Å². The first-order valence-electron chi connectivity index (χ1n) is 10.1. The van der Waals surface area contributed by atoms with Crippen LogP contribution in [0.25, 0.3) is 0 Å². The molecule has 0 radical (unpaired) electrons. The van der Waals surface area contributed by atoms with Crippen LogP contribution in [0.2, 0.25) is 0 Å². The Balaban J connectivity index is 1.53. The largest absolute Gasteiger partial charge is 0.355 e. The van der Waals surface area contributed by atoms with E-state index in [-0.39, 0.29) is 17.9 Å². The summed E-state index contributed by atoms with van der Waals surface area (Å²) < 4.78 is 1.75. The molecule has 2 aliphatic heterocycles. The Morgan fingerprint density at radius 1 is 1.10 bits per heavy atom. The number of hydrogen-bond donors (Lipinski definition) is 0. The molecule has 4 rings (SSSR count). The van der Waals surface area contributed by atoms with Gasteiger partial charge in [0, 0.05) is 44.4 Å². The van der Waals surface area contributed by atoms with Crippen molar-refractivity contribution < 1.29 is 9.59 Å². The van der Waals surface area contributed by atoms with Crippen LogP contribution in [-0.2, 0) is 11.3 Å². The molecule has 4 heterocycles. The number of carbonyl (C=O) groups is 2. The number of hydrogen-bond acceptors (Lipinski definition) is 6. The minimum atomic E-state index is -0.760. The normalized spacial score (nSPS) is 19.1. The molecule has 9 nitrogen and oxygen atoms in total. The van der Waals surface area contributed by atoms with E-state index in [0.717, 1.165) is 5.82 Å². The van der Waals surface area contributed by atoms with E-state index < -0.39 is 5.54 Å². The second kappa shape index (κ2) is 7.81. The van der Waals surface area contributed by atoms with Gasteiger partial charge in [0.1, 0.15) is 11.4 Å². The molecule has 1 spiro atoms. The topological polar surface area (TPSA) is 87.5 Å². The molecule has 2 fully saturated rings. The van der Waals surface area contributed by atoms with E-state index in [1.807, 2.05) is 17.2 Å². The van der Waals surface area contributed by atoms with Gasteiger partial charge in [-0.1, -0.05) is 13.8 Å². The third kappa shape index (κ3) is 3.56. The molecule has 9 heteroatoms. The van der Waals surface area contributed by atoms with Crippen molar-refractivity contribution in [1.29, 1.82) is 0 Å². The summed E-state index contributed by atoms with van der Waals surface area (Å²) in [6, 6.07) is 1.66. The van der Waals surface area contributed by atoms with Crippen LogP contribution in [0.1, 0.15) is 26.7 Å². The van der Waals surface area contributed by atoms with E-state index in [0.29, 0.717) is 45.6 Å². The van der Waals surface area contributed by atoms with Crippen LogP contribution in [0.3, 0.4) is 0 Å². The second-order valence-corrected chi connectivity index (χ2v) is 8.10. The van der Waals surface area contributed by atoms with Gasteiger partial charge in [0.15, 0.2) is 0 Å². The summed E-state index contributed by atoms with van der Waals surface area (Å²) in [7, 11) is 0. The Hall–Kier alpha value is -2.97. The van der Waals surface area contributed by atoms with Gasteiger partial charge < -0.3 is 9.80 Å². The Morgan fingerprint density at radius 2 is 1.90 bits per heavy atom. The SMILES string of the molecule is CC(C)CN1C(=O)N(CCn2cccn2)C(=O)C12CCN(c1cnccn1)CC2. The summed E-state index contributed by atoms with van der Waals surface area (Å²) in [6.07, 6.45) is 9.79. The molecule has 154 valence electrons. The molecule has 29 heavy (non-hydrogen) atoms. The monoisotopic (exact) mass is 397 g/mol. The molecule has 0 N–H and O–H groups in total. The Morgan fingerprint density at radius 3 is 2.52 bits per heavy atom. The maximum atomic E-state index is 13.5. The van der Waals surface area contributed by atoms with Crippen LogP contribution in [0, 0.1) is 5.92 Å². The van der Waals surface area contributed by atoms with E-state index in [2.05, 4.69) is 33.8 Å². The highest BCUT2D eigenvalue weighted by molar-refractivity contribution is 6.07. The van der Waals surface area contributed by atoms with E-state index in [9.17, 15) is 9.59 Å². The third-order valence-electron chi connectivity index (χ3n) is 5.75.